The van der Waals surface area contributed by atoms with Crippen LogP contribution in [0, 0.1) is 17.6 Å². The molecule has 4 rings (SSSR count). The number of amides is 2. The van der Waals surface area contributed by atoms with Gasteiger partial charge >= 0.3 is 11.8 Å². The van der Waals surface area contributed by atoms with Crippen molar-refractivity contribution < 1.29 is 31.9 Å². The third-order valence-electron chi connectivity index (χ3n) is 6.55. The topological polar surface area (TPSA) is 91.2 Å². The summed E-state index contributed by atoms with van der Waals surface area (Å²) >= 11 is 2.91. The van der Waals surface area contributed by atoms with Crippen molar-refractivity contribution in [2.45, 2.75) is 50.1 Å². The molecule has 2 heterocycles. The molecule has 1 saturated heterocycles. The molecule has 2 fully saturated rings. The summed E-state index contributed by atoms with van der Waals surface area (Å²) in [5, 5.41) is 9.99. The van der Waals surface area contributed by atoms with Crippen LogP contribution in [0.25, 0.3) is 0 Å². The van der Waals surface area contributed by atoms with Crippen molar-refractivity contribution in [1.82, 2.24) is 10.2 Å². The molecule has 7 nitrogen and oxygen atoms in total. The summed E-state index contributed by atoms with van der Waals surface area (Å²) in [6.07, 6.45) is 0.293. The van der Waals surface area contributed by atoms with Crippen molar-refractivity contribution in [1.29, 1.82) is 0 Å². The summed E-state index contributed by atoms with van der Waals surface area (Å²) in [5.41, 5.74) is -0.966. The minimum absolute atomic E-state index is 0.101. The number of carbonyl (C=O) groups excluding carboxylic acids is 3. The molecule has 2 amide bonds. The number of alkyl halides is 2. The maximum Gasteiger partial charge on any atom is 0.312 e. The van der Waals surface area contributed by atoms with Gasteiger partial charge in [-0.05, 0) is 53.0 Å². The Kier molecular flexibility index (Phi) is 6.38. The third kappa shape index (κ3) is 4.51. The summed E-state index contributed by atoms with van der Waals surface area (Å²) in [6, 6.07) is 1.62. The number of halogens is 5. The molecule has 1 aromatic carbocycles. The van der Waals surface area contributed by atoms with Crippen molar-refractivity contribution in [3.63, 3.8) is 0 Å². The first-order valence-corrected chi connectivity index (χ1v) is 11.5. The smallest absolute Gasteiger partial charge is 0.312 e. The average Bonchev–Trinajstić information content (AvgIpc) is 3.40. The molecular weight excluding hydrogens is 524 g/mol. The second-order valence-corrected chi connectivity index (χ2v) is 9.76. The fraction of sp³-hybridized carbons (Fsp3) is 0.500. The van der Waals surface area contributed by atoms with Crippen LogP contribution in [-0.4, -0.2) is 53.1 Å². The van der Waals surface area contributed by atoms with Gasteiger partial charge < -0.3 is 10.2 Å². The molecule has 12 heteroatoms. The molecule has 34 heavy (non-hydrogen) atoms. The summed E-state index contributed by atoms with van der Waals surface area (Å²) in [4.78, 5) is 39.6. The maximum absolute atomic E-state index is 13.7. The Bertz CT molecular complexity index is 1090. The number of hydrogen-bond acceptors (Lipinski definition) is 5. The second-order valence-electron chi connectivity index (χ2n) is 8.91. The van der Waals surface area contributed by atoms with E-state index in [-0.39, 0.29) is 47.4 Å². The molecule has 182 valence electrons. The van der Waals surface area contributed by atoms with Crippen LogP contribution in [-0.2, 0) is 20.8 Å². The van der Waals surface area contributed by atoms with Crippen molar-refractivity contribution in [3.05, 3.63) is 45.6 Å². The Morgan fingerprint density at radius 2 is 1.94 bits per heavy atom. The Labute approximate surface area is 200 Å². The Balaban J connectivity index is 1.41. The first-order valence-electron chi connectivity index (χ1n) is 10.7. The normalized spacial score (nSPS) is 24.5. The quantitative estimate of drug-likeness (QED) is 0.348. The number of carbonyl (C=O) groups is 3. The highest BCUT2D eigenvalue weighted by Crippen LogP contribution is 2.50. The summed E-state index contributed by atoms with van der Waals surface area (Å²) in [7, 11) is 0. The maximum atomic E-state index is 13.7. The lowest BCUT2D eigenvalue weighted by Gasteiger charge is -2.47. The number of benzene rings is 1. The second kappa shape index (κ2) is 8.86. The SMILES string of the molecule is C[C@H]1[C@@H](C(=O)Cc2cc(F)c(F)c(Br)c2)CCN1C(=O)C(=O)NC1(C2=CCN=N2)CC(F)(F)C1. The van der Waals surface area contributed by atoms with Gasteiger partial charge in [-0.1, -0.05) is 0 Å². The van der Waals surface area contributed by atoms with E-state index in [2.05, 4.69) is 31.5 Å². The van der Waals surface area contributed by atoms with Gasteiger partial charge in [0.1, 0.15) is 5.78 Å². The van der Waals surface area contributed by atoms with Crippen LogP contribution in [0.2, 0.25) is 0 Å². The van der Waals surface area contributed by atoms with Crippen LogP contribution < -0.4 is 5.32 Å². The Hall–Kier alpha value is -2.63. The lowest BCUT2D eigenvalue weighted by atomic mass is 9.71. The molecule has 2 aliphatic heterocycles. The molecule has 1 aliphatic carbocycles. The molecule has 1 saturated carbocycles. The zero-order valence-corrected chi connectivity index (χ0v) is 19.7. The number of nitrogens with one attached hydrogen (secondary N) is 1. The van der Waals surface area contributed by atoms with Gasteiger partial charge in [-0.3, -0.25) is 14.4 Å². The number of hydrogen-bond donors (Lipinski definition) is 1. The van der Waals surface area contributed by atoms with Crippen LogP contribution >= 0.6 is 15.9 Å². The van der Waals surface area contributed by atoms with E-state index < -0.39 is 59.7 Å². The predicted molar refractivity (Wildman–Crippen MR) is 115 cm³/mol. The largest absolute Gasteiger partial charge is 0.336 e. The lowest BCUT2D eigenvalue weighted by molar-refractivity contribution is -0.154. The monoisotopic (exact) mass is 544 g/mol. The van der Waals surface area contributed by atoms with E-state index in [1.54, 1.807) is 6.92 Å². The number of Topliss-reactive ketones (excluding diaryl/α,β-unsaturated/α-hetero) is 1. The highest BCUT2D eigenvalue weighted by molar-refractivity contribution is 9.10. The molecular formula is C22H21BrF4N4O3. The van der Waals surface area contributed by atoms with Crippen LogP contribution in [0.4, 0.5) is 17.6 Å². The van der Waals surface area contributed by atoms with Gasteiger partial charge in [-0.25, -0.2) is 17.6 Å². The molecule has 3 aliphatic rings. The third-order valence-corrected chi connectivity index (χ3v) is 7.13. The molecule has 0 spiro atoms. The average molecular weight is 545 g/mol. The van der Waals surface area contributed by atoms with Crippen LogP contribution in [0.3, 0.4) is 0 Å². The van der Waals surface area contributed by atoms with E-state index >= 15 is 0 Å². The number of likely N-dealkylation sites (tertiary alicyclic amines) is 1. The van der Waals surface area contributed by atoms with Crippen LogP contribution in [0.15, 0.2) is 38.6 Å². The molecule has 1 aromatic rings. The summed E-state index contributed by atoms with van der Waals surface area (Å²) in [5.74, 6) is -8.00. The van der Waals surface area contributed by atoms with E-state index in [0.717, 1.165) is 6.07 Å². The van der Waals surface area contributed by atoms with E-state index in [1.165, 1.54) is 17.0 Å². The van der Waals surface area contributed by atoms with E-state index in [4.69, 9.17) is 0 Å². The Morgan fingerprint density at radius 3 is 2.53 bits per heavy atom. The summed E-state index contributed by atoms with van der Waals surface area (Å²) < 4.78 is 54.3. The van der Waals surface area contributed by atoms with Gasteiger partial charge in [0.15, 0.2) is 11.6 Å². The zero-order valence-electron chi connectivity index (χ0n) is 18.1. The van der Waals surface area contributed by atoms with Gasteiger partial charge in [-0.2, -0.15) is 10.2 Å². The van der Waals surface area contributed by atoms with Gasteiger partial charge in [0, 0.05) is 37.8 Å². The van der Waals surface area contributed by atoms with Gasteiger partial charge in [0.2, 0.25) is 0 Å². The van der Waals surface area contributed by atoms with Gasteiger partial charge in [0.25, 0.3) is 5.92 Å². The van der Waals surface area contributed by atoms with Gasteiger partial charge in [-0.15, -0.1) is 0 Å². The van der Waals surface area contributed by atoms with E-state index in [1.807, 2.05) is 0 Å². The Morgan fingerprint density at radius 1 is 1.24 bits per heavy atom. The highest BCUT2D eigenvalue weighted by atomic mass is 79.9. The molecule has 0 aromatic heterocycles. The summed E-state index contributed by atoms with van der Waals surface area (Å²) in [6.45, 7) is 1.95. The highest BCUT2D eigenvalue weighted by Gasteiger charge is 2.60. The zero-order chi connectivity index (χ0) is 24.8. The standard InChI is InChI=1S/C22H21BrF4N4O3/c1-11-13(16(32)8-12-6-14(23)18(25)15(24)7-12)3-5-31(11)20(34)19(33)29-21(9-22(26,27)10-21)17-2-4-28-30-17/h2,6-7,11,13H,3-5,8-10H2,1H3,(H,29,33)/t11-,13-/m0/s1. The number of ketones is 1. The molecule has 0 radical (unpaired) electrons. The van der Waals surface area contributed by atoms with Crippen molar-refractivity contribution in [3.8, 4) is 0 Å². The van der Waals surface area contributed by atoms with E-state index in [9.17, 15) is 31.9 Å². The predicted octanol–water partition coefficient (Wildman–Crippen LogP) is 3.71. The molecule has 2 atom stereocenters. The fourth-order valence-corrected chi connectivity index (χ4v) is 5.32. The molecule has 0 unspecified atom stereocenters. The fourth-order valence-electron chi connectivity index (χ4n) is 4.84. The van der Waals surface area contributed by atoms with Crippen molar-refractivity contribution in [2.75, 3.05) is 13.1 Å². The first kappa shape index (κ1) is 24.5. The molecule has 0 bridgehead atoms. The van der Waals surface area contributed by atoms with Crippen LogP contribution in [0.5, 0.6) is 0 Å². The van der Waals surface area contributed by atoms with Crippen LogP contribution in [0.1, 0.15) is 31.7 Å². The van der Waals surface area contributed by atoms with Crippen molar-refractivity contribution in [2.24, 2.45) is 16.1 Å². The number of rotatable bonds is 5. The lowest BCUT2D eigenvalue weighted by Crippen LogP contribution is -2.65. The van der Waals surface area contributed by atoms with Gasteiger partial charge in [0.05, 0.1) is 22.3 Å². The minimum atomic E-state index is -2.98. The number of azo groups is 1. The first-order chi connectivity index (χ1) is 15.9. The minimum Gasteiger partial charge on any atom is -0.336 e. The van der Waals surface area contributed by atoms with E-state index in [0.29, 0.717) is 0 Å². The van der Waals surface area contributed by atoms with Crippen molar-refractivity contribution >= 4 is 33.5 Å². The molecule has 1 N–H and O–H groups in total. The number of nitrogens with zero attached hydrogens (tertiary/aromatic N) is 3.